The van der Waals surface area contributed by atoms with Gasteiger partial charge in [-0.1, -0.05) is 36.4 Å². The molecule has 4 nitrogen and oxygen atoms in total. The number of aromatic nitrogens is 2. The molecule has 1 N–H and O–H groups in total. The molecule has 0 aliphatic carbocycles. The highest BCUT2D eigenvalue weighted by atomic mass is 32.1. The van der Waals surface area contributed by atoms with Crippen LogP contribution in [-0.4, -0.2) is 20.9 Å². The van der Waals surface area contributed by atoms with E-state index in [1.54, 1.807) is 10.7 Å². The number of benzene rings is 2. The fourth-order valence-corrected chi connectivity index (χ4v) is 3.61. The minimum atomic E-state index is -0.898. The lowest BCUT2D eigenvalue weighted by Gasteiger charge is -2.01. The molecule has 0 radical (unpaired) electrons. The molecule has 0 unspecified atom stereocenters. The van der Waals surface area contributed by atoms with Crippen LogP contribution in [0, 0.1) is 0 Å². The van der Waals surface area contributed by atoms with Crippen LogP contribution in [0.2, 0.25) is 0 Å². The number of hydrogen-bond donors (Lipinski definition) is 1. The van der Waals surface area contributed by atoms with E-state index in [0.717, 1.165) is 26.9 Å². The van der Waals surface area contributed by atoms with E-state index in [-0.39, 0.29) is 0 Å². The average molecular weight is 308 g/mol. The first-order valence-electron chi connectivity index (χ1n) is 6.82. The van der Waals surface area contributed by atoms with Crippen LogP contribution < -0.4 is 0 Å². The van der Waals surface area contributed by atoms with Gasteiger partial charge in [0.25, 0.3) is 0 Å². The van der Waals surface area contributed by atoms with Crippen LogP contribution in [0.25, 0.3) is 32.2 Å². The van der Waals surface area contributed by atoms with Crippen LogP contribution in [0.5, 0.6) is 0 Å². The Labute approximate surface area is 130 Å². The molecule has 108 valence electrons. The fourth-order valence-electron chi connectivity index (χ4n) is 2.70. The number of carboxylic acids is 1. The maximum absolute atomic E-state index is 11.2. The van der Waals surface area contributed by atoms with Gasteiger partial charge in [0.2, 0.25) is 0 Å². The van der Waals surface area contributed by atoms with Crippen molar-refractivity contribution < 1.29 is 9.90 Å². The van der Waals surface area contributed by atoms with E-state index < -0.39 is 5.97 Å². The number of aryl methyl sites for hydroxylation is 1. The number of rotatable bonds is 2. The van der Waals surface area contributed by atoms with Crippen molar-refractivity contribution in [3.8, 4) is 11.3 Å². The molecule has 4 rings (SSSR count). The predicted molar refractivity (Wildman–Crippen MR) is 88.5 cm³/mol. The third-order valence-electron chi connectivity index (χ3n) is 3.75. The predicted octanol–water partition coefficient (Wildman–Crippen LogP) is 4.15. The van der Waals surface area contributed by atoms with Crippen molar-refractivity contribution in [2.75, 3.05) is 0 Å². The Morgan fingerprint density at radius 2 is 1.91 bits per heavy atom. The van der Waals surface area contributed by atoms with Gasteiger partial charge in [0.1, 0.15) is 15.4 Å². The minimum absolute atomic E-state index is 0.338. The summed E-state index contributed by atoms with van der Waals surface area (Å²) in [5.74, 6) is -0.898. The third-order valence-corrected chi connectivity index (χ3v) is 4.94. The zero-order valence-corrected chi connectivity index (χ0v) is 12.6. The van der Waals surface area contributed by atoms with Crippen LogP contribution >= 0.6 is 11.3 Å². The summed E-state index contributed by atoms with van der Waals surface area (Å²) in [7, 11) is 1.84. The third kappa shape index (κ3) is 1.90. The summed E-state index contributed by atoms with van der Waals surface area (Å²) in [4.78, 5) is 12.4. The molecule has 0 atom stereocenters. The second-order valence-corrected chi connectivity index (χ2v) is 6.20. The van der Waals surface area contributed by atoms with Crippen molar-refractivity contribution in [2.45, 2.75) is 0 Å². The number of carboxylic acid groups (broad SMARTS) is 1. The van der Waals surface area contributed by atoms with Crippen molar-refractivity contribution in [3.05, 3.63) is 53.4 Å². The van der Waals surface area contributed by atoms with Gasteiger partial charge in [-0.25, -0.2) is 4.79 Å². The molecule has 4 aromatic rings. The minimum Gasteiger partial charge on any atom is -0.477 e. The lowest BCUT2D eigenvalue weighted by atomic mass is 10.0. The molecule has 2 aromatic heterocycles. The van der Waals surface area contributed by atoms with E-state index in [2.05, 4.69) is 29.4 Å². The van der Waals surface area contributed by atoms with Gasteiger partial charge in [0.15, 0.2) is 0 Å². The Morgan fingerprint density at radius 1 is 1.14 bits per heavy atom. The summed E-state index contributed by atoms with van der Waals surface area (Å²) in [5.41, 5.74) is 1.83. The first-order chi connectivity index (χ1) is 10.6. The van der Waals surface area contributed by atoms with Gasteiger partial charge in [-0.2, -0.15) is 5.10 Å². The van der Waals surface area contributed by atoms with Crippen LogP contribution in [0.15, 0.2) is 48.5 Å². The van der Waals surface area contributed by atoms with Crippen LogP contribution in [0.4, 0.5) is 0 Å². The maximum atomic E-state index is 11.2. The smallest absolute Gasteiger partial charge is 0.345 e. The van der Waals surface area contributed by atoms with Gasteiger partial charge < -0.3 is 5.11 Å². The summed E-state index contributed by atoms with van der Waals surface area (Å²) in [6.07, 6.45) is 0. The van der Waals surface area contributed by atoms with Gasteiger partial charge in [-0.15, -0.1) is 11.3 Å². The first kappa shape index (κ1) is 13.0. The SMILES string of the molecule is Cn1nc(-c2ccc3ccccc3c2)c2cc(C(=O)O)sc21. The number of nitrogens with zero attached hydrogens (tertiary/aromatic N) is 2. The van der Waals surface area contributed by atoms with Gasteiger partial charge >= 0.3 is 5.97 Å². The topological polar surface area (TPSA) is 55.1 Å². The average Bonchev–Trinajstić information content (AvgIpc) is 3.08. The summed E-state index contributed by atoms with van der Waals surface area (Å²) >= 11 is 1.25. The summed E-state index contributed by atoms with van der Waals surface area (Å²) in [5, 5.41) is 17.0. The molecular weight excluding hydrogens is 296 g/mol. The first-order valence-corrected chi connectivity index (χ1v) is 7.64. The standard InChI is InChI=1S/C17H12N2O2S/c1-19-16-13(9-14(22-16)17(20)21)15(18-19)12-7-6-10-4-2-3-5-11(10)8-12/h2-9H,1H3,(H,20,21). The van der Waals surface area contributed by atoms with E-state index in [4.69, 9.17) is 0 Å². The zero-order chi connectivity index (χ0) is 15.3. The van der Waals surface area contributed by atoms with E-state index in [9.17, 15) is 9.90 Å². The second kappa shape index (κ2) is 4.68. The maximum Gasteiger partial charge on any atom is 0.345 e. The highest BCUT2D eigenvalue weighted by Gasteiger charge is 2.17. The van der Waals surface area contributed by atoms with Crippen molar-refractivity contribution in [3.63, 3.8) is 0 Å². The van der Waals surface area contributed by atoms with Gasteiger partial charge in [-0.3, -0.25) is 4.68 Å². The van der Waals surface area contributed by atoms with Gasteiger partial charge in [0.05, 0.1) is 0 Å². The molecule has 0 aliphatic heterocycles. The molecular formula is C17H12N2O2S. The van der Waals surface area contributed by atoms with Crippen molar-refractivity contribution in [1.82, 2.24) is 9.78 Å². The molecule has 22 heavy (non-hydrogen) atoms. The molecule has 0 spiro atoms. The molecule has 0 saturated heterocycles. The molecule has 0 aliphatic rings. The summed E-state index contributed by atoms with van der Waals surface area (Å²) in [6.45, 7) is 0. The van der Waals surface area contributed by atoms with E-state index in [1.807, 2.05) is 25.2 Å². The molecule has 0 amide bonds. The van der Waals surface area contributed by atoms with E-state index >= 15 is 0 Å². The number of fused-ring (bicyclic) bond motifs is 2. The number of aromatic carboxylic acids is 1. The Hall–Kier alpha value is -2.66. The fraction of sp³-hybridized carbons (Fsp3) is 0.0588. The number of carbonyl (C=O) groups is 1. The molecule has 0 bridgehead atoms. The van der Waals surface area contributed by atoms with Gasteiger partial charge in [-0.05, 0) is 22.9 Å². The second-order valence-electron chi connectivity index (χ2n) is 5.17. The number of hydrogen-bond acceptors (Lipinski definition) is 3. The molecule has 2 aromatic carbocycles. The van der Waals surface area contributed by atoms with E-state index in [0.29, 0.717) is 4.88 Å². The highest BCUT2D eigenvalue weighted by Crippen LogP contribution is 2.34. The van der Waals surface area contributed by atoms with Crippen molar-refractivity contribution >= 4 is 38.3 Å². The largest absolute Gasteiger partial charge is 0.477 e. The molecule has 2 heterocycles. The highest BCUT2D eigenvalue weighted by molar-refractivity contribution is 7.20. The molecule has 0 fully saturated rings. The van der Waals surface area contributed by atoms with Crippen LogP contribution in [0.1, 0.15) is 9.67 Å². The summed E-state index contributed by atoms with van der Waals surface area (Å²) < 4.78 is 1.75. The van der Waals surface area contributed by atoms with E-state index in [1.165, 1.54) is 16.7 Å². The Bertz CT molecular complexity index is 1030. The van der Waals surface area contributed by atoms with Gasteiger partial charge in [0, 0.05) is 18.0 Å². The quantitative estimate of drug-likeness (QED) is 0.605. The lowest BCUT2D eigenvalue weighted by Crippen LogP contribution is -1.92. The molecule has 0 saturated carbocycles. The Morgan fingerprint density at radius 3 is 2.68 bits per heavy atom. The Kier molecular flexibility index (Phi) is 2.77. The van der Waals surface area contributed by atoms with Crippen molar-refractivity contribution in [1.29, 1.82) is 0 Å². The Balaban J connectivity index is 1.97. The van der Waals surface area contributed by atoms with Crippen molar-refractivity contribution in [2.24, 2.45) is 7.05 Å². The van der Waals surface area contributed by atoms with Crippen LogP contribution in [-0.2, 0) is 7.05 Å². The van der Waals surface area contributed by atoms with Crippen LogP contribution in [0.3, 0.4) is 0 Å². The normalized spacial score (nSPS) is 11.3. The zero-order valence-electron chi connectivity index (χ0n) is 11.8. The molecule has 5 heteroatoms. The lowest BCUT2D eigenvalue weighted by molar-refractivity contribution is 0.0702. The summed E-state index contributed by atoms with van der Waals surface area (Å²) in [6, 6.07) is 16.1. The monoisotopic (exact) mass is 308 g/mol. The number of thiophene rings is 1.